The molecule has 0 aromatic heterocycles. The Bertz CT molecular complexity index is 335. The van der Waals surface area contributed by atoms with Crippen LogP contribution < -0.4 is 14.8 Å². The summed E-state index contributed by atoms with van der Waals surface area (Å²) >= 11 is 0. The van der Waals surface area contributed by atoms with Crippen molar-refractivity contribution in [3.8, 4) is 11.5 Å². The van der Waals surface area contributed by atoms with Gasteiger partial charge in [0.1, 0.15) is 11.5 Å². The molecule has 0 spiro atoms. The van der Waals surface area contributed by atoms with Crippen LogP contribution in [0.2, 0.25) is 0 Å². The zero-order valence-corrected chi connectivity index (χ0v) is 10.4. The van der Waals surface area contributed by atoms with Crippen molar-refractivity contribution in [3.05, 3.63) is 24.3 Å². The molecule has 1 unspecified atom stereocenters. The second-order valence-electron chi connectivity index (χ2n) is 4.34. The lowest BCUT2D eigenvalue weighted by atomic mass is 10.2. The molecule has 3 nitrogen and oxygen atoms in total. The van der Waals surface area contributed by atoms with Crippen LogP contribution in [0.25, 0.3) is 0 Å². The van der Waals surface area contributed by atoms with Gasteiger partial charge >= 0.3 is 0 Å². The second kappa shape index (κ2) is 6.50. The standard InChI is InChI=1S/C14H21NO2/c1-2-16-13-6-3-7-14(11-13)17-10-8-12-5-4-9-15-12/h3,6-7,11-12,15H,2,4-5,8-10H2,1H3. The molecular weight excluding hydrogens is 214 g/mol. The Balaban J connectivity index is 1.75. The molecule has 1 aromatic rings. The largest absolute Gasteiger partial charge is 0.494 e. The Labute approximate surface area is 103 Å². The van der Waals surface area contributed by atoms with E-state index in [4.69, 9.17) is 9.47 Å². The first-order valence-corrected chi connectivity index (χ1v) is 6.47. The first-order valence-electron chi connectivity index (χ1n) is 6.47. The Morgan fingerprint density at radius 3 is 2.82 bits per heavy atom. The number of benzene rings is 1. The highest BCUT2D eigenvalue weighted by Crippen LogP contribution is 2.20. The maximum absolute atomic E-state index is 5.73. The highest BCUT2D eigenvalue weighted by Gasteiger charge is 2.13. The van der Waals surface area contributed by atoms with Crippen molar-refractivity contribution in [1.29, 1.82) is 0 Å². The van der Waals surface area contributed by atoms with E-state index in [1.807, 2.05) is 31.2 Å². The van der Waals surface area contributed by atoms with Gasteiger partial charge in [0.2, 0.25) is 0 Å². The molecule has 2 rings (SSSR count). The average Bonchev–Trinajstić information content (AvgIpc) is 2.83. The van der Waals surface area contributed by atoms with Crippen molar-refractivity contribution in [2.75, 3.05) is 19.8 Å². The quantitative estimate of drug-likeness (QED) is 0.822. The van der Waals surface area contributed by atoms with Gasteiger partial charge < -0.3 is 14.8 Å². The van der Waals surface area contributed by atoms with E-state index in [-0.39, 0.29) is 0 Å². The van der Waals surface area contributed by atoms with Gasteiger partial charge in [-0.2, -0.15) is 0 Å². The number of ether oxygens (including phenoxy) is 2. The Hall–Kier alpha value is -1.22. The fourth-order valence-corrected chi connectivity index (χ4v) is 2.14. The summed E-state index contributed by atoms with van der Waals surface area (Å²) < 4.78 is 11.2. The van der Waals surface area contributed by atoms with Crippen molar-refractivity contribution in [2.24, 2.45) is 0 Å². The summed E-state index contributed by atoms with van der Waals surface area (Å²) in [7, 11) is 0. The van der Waals surface area contributed by atoms with Crippen molar-refractivity contribution >= 4 is 0 Å². The summed E-state index contributed by atoms with van der Waals surface area (Å²) in [4.78, 5) is 0. The first-order chi connectivity index (χ1) is 8.38. The fourth-order valence-electron chi connectivity index (χ4n) is 2.14. The van der Waals surface area contributed by atoms with Gasteiger partial charge in [-0.3, -0.25) is 0 Å². The van der Waals surface area contributed by atoms with Gasteiger partial charge in [0.25, 0.3) is 0 Å². The molecular formula is C14H21NO2. The monoisotopic (exact) mass is 235 g/mol. The van der Waals surface area contributed by atoms with E-state index in [0.717, 1.165) is 31.1 Å². The molecule has 1 fully saturated rings. The van der Waals surface area contributed by atoms with E-state index < -0.39 is 0 Å². The van der Waals surface area contributed by atoms with Crippen molar-refractivity contribution in [2.45, 2.75) is 32.2 Å². The molecule has 1 aliphatic heterocycles. The van der Waals surface area contributed by atoms with Crippen LogP contribution in [0.5, 0.6) is 11.5 Å². The van der Waals surface area contributed by atoms with Crippen LogP contribution >= 0.6 is 0 Å². The summed E-state index contributed by atoms with van der Waals surface area (Å²) in [6, 6.07) is 8.49. The Morgan fingerprint density at radius 2 is 2.12 bits per heavy atom. The van der Waals surface area contributed by atoms with Gasteiger partial charge in [0, 0.05) is 12.1 Å². The lowest BCUT2D eigenvalue weighted by Gasteiger charge is -2.12. The number of rotatable bonds is 6. The van der Waals surface area contributed by atoms with Crippen LogP contribution in [0, 0.1) is 0 Å². The average molecular weight is 235 g/mol. The lowest BCUT2D eigenvalue weighted by Crippen LogP contribution is -2.23. The summed E-state index contributed by atoms with van der Waals surface area (Å²) in [6.45, 7) is 4.60. The van der Waals surface area contributed by atoms with Gasteiger partial charge in [-0.15, -0.1) is 0 Å². The zero-order chi connectivity index (χ0) is 11.9. The number of hydrogen-bond donors (Lipinski definition) is 1. The smallest absolute Gasteiger partial charge is 0.122 e. The first kappa shape index (κ1) is 12.2. The molecule has 0 aliphatic carbocycles. The van der Waals surface area contributed by atoms with E-state index >= 15 is 0 Å². The van der Waals surface area contributed by atoms with Crippen LogP contribution in [0.4, 0.5) is 0 Å². The van der Waals surface area contributed by atoms with E-state index in [1.165, 1.54) is 12.8 Å². The molecule has 0 bridgehead atoms. The van der Waals surface area contributed by atoms with E-state index in [1.54, 1.807) is 0 Å². The summed E-state index contributed by atoms with van der Waals surface area (Å²) in [6.07, 6.45) is 3.66. The van der Waals surface area contributed by atoms with Crippen LogP contribution in [-0.2, 0) is 0 Å². The second-order valence-corrected chi connectivity index (χ2v) is 4.34. The molecule has 1 atom stereocenters. The minimum atomic E-state index is 0.644. The normalized spacial score (nSPS) is 19.2. The van der Waals surface area contributed by atoms with Crippen LogP contribution in [-0.4, -0.2) is 25.8 Å². The maximum atomic E-state index is 5.73. The zero-order valence-electron chi connectivity index (χ0n) is 10.4. The summed E-state index contributed by atoms with van der Waals surface area (Å²) in [5.74, 6) is 1.78. The predicted octanol–water partition coefficient (Wildman–Crippen LogP) is 2.61. The molecule has 17 heavy (non-hydrogen) atoms. The third-order valence-electron chi connectivity index (χ3n) is 3.01. The van der Waals surface area contributed by atoms with Gasteiger partial charge in [-0.05, 0) is 44.9 Å². The Morgan fingerprint density at radius 1 is 1.29 bits per heavy atom. The highest BCUT2D eigenvalue weighted by atomic mass is 16.5. The van der Waals surface area contributed by atoms with Crippen LogP contribution in [0.15, 0.2) is 24.3 Å². The molecule has 0 saturated carbocycles. The third-order valence-corrected chi connectivity index (χ3v) is 3.01. The molecule has 94 valence electrons. The molecule has 1 N–H and O–H groups in total. The molecule has 1 aliphatic rings. The minimum Gasteiger partial charge on any atom is -0.494 e. The molecule has 0 amide bonds. The fraction of sp³-hybridized carbons (Fsp3) is 0.571. The van der Waals surface area contributed by atoms with Gasteiger partial charge in [-0.1, -0.05) is 6.07 Å². The maximum Gasteiger partial charge on any atom is 0.122 e. The van der Waals surface area contributed by atoms with Gasteiger partial charge in [-0.25, -0.2) is 0 Å². The third kappa shape index (κ3) is 3.93. The van der Waals surface area contributed by atoms with Crippen molar-refractivity contribution < 1.29 is 9.47 Å². The highest BCUT2D eigenvalue weighted by molar-refractivity contribution is 5.32. The minimum absolute atomic E-state index is 0.644. The summed E-state index contributed by atoms with van der Waals surface area (Å²) in [5.41, 5.74) is 0. The van der Waals surface area contributed by atoms with E-state index in [0.29, 0.717) is 12.6 Å². The van der Waals surface area contributed by atoms with Gasteiger partial charge in [0.05, 0.1) is 13.2 Å². The Kier molecular flexibility index (Phi) is 4.68. The molecule has 1 saturated heterocycles. The molecule has 0 radical (unpaired) electrons. The SMILES string of the molecule is CCOc1cccc(OCCC2CCCN2)c1. The molecule has 1 heterocycles. The van der Waals surface area contributed by atoms with Crippen molar-refractivity contribution in [1.82, 2.24) is 5.32 Å². The predicted molar refractivity (Wildman–Crippen MR) is 68.7 cm³/mol. The molecule has 1 aromatic carbocycles. The number of hydrogen-bond acceptors (Lipinski definition) is 3. The molecule has 3 heteroatoms. The van der Waals surface area contributed by atoms with E-state index in [9.17, 15) is 0 Å². The van der Waals surface area contributed by atoms with Crippen LogP contribution in [0.1, 0.15) is 26.2 Å². The van der Waals surface area contributed by atoms with Gasteiger partial charge in [0.15, 0.2) is 0 Å². The summed E-state index contributed by atoms with van der Waals surface area (Å²) in [5, 5.41) is 3.47. The number of nitrogens with one attached hydrogen (secondary N) is 1. The van der Waals surface area contributed by atoms with Crippen molar-refractivity contribution in [3.63, 3.8) is 0 Å². The van der Waals surface area contributed by atoms with Crippen LogP contribution in [0.3, 0.4) is 0 Å². The topological polar surface area (TPSA) is 30.5 Å². The van der Waals surface area contributed by atoms with E-state index in [2.05, 4.69) is 5.32 Å². The lowest BCUT2D eigenvalue weighted by molar-refractivity contribution is 0.288.